The van der Waals surface area contributed by atoms with Crippen LogP contribution < -0.4 is 4.74 Å². The predicted molar refractivity (Wildman–Crippen MR) is 73.3 cm³/mol. The molecule has 18 heavy (non-hydrogen) atoms. The normalized spacial score (nSPS) is 11.3. The molecule has 0 unspecified atom stereocenters. The van der Waals surface area contributed by atoms with Gasteiger partial charge in [0.2, 0.25) is 0 Å². The van der Waals surface area contributed by atoms with Crippen LogP contribution in [0.15, 0.2) is 70.1 Å². The van der Waals surface area contributed by atoms with Gasteiger partial charge in [0.25, 0.3) is 0 Å². The molecule has 0 saturated carbocycles. The van der Waals surface area contributed by atoms with Crippen molar-refractivity contribution >= 4 is 23.4 Å². The summed E-state index contributed by atoms with van der Waals surface area (Å²) in [5.74, 6) is 0.201. The fourth-order valence-corrected chi connectivity index (χ4v) is 2.07. The Hall–Kier alpha value is -1.45. The molecule has 0 aliphatic heterocycles. The Bertz CT molecular complexity index is 525. The number of halogens is 2. The van der Waals surface area contributed by atoms with Crippen molar-refractivity contribution in [2.75, 3.05) is 0 Å². The SMILES string of the molecule is Fc1ccc(O/C(Cl)=C\Sc2ccccc2)cc1. The van der Waals surface area contributed by atoms with Crippen molar-refractivity contribution in [2.24, 2.45) is 0 Å². The average Bonchev–Trinajstić information content (AvgIpc) is 2.40. The minimum atomic E-state index is -0.305. The van der Waals surface area contributed by atoms with Crippen LogP contribution in [0, 0.1) is 5.82 Å². The summed E-state index contributed by atoms with van der Waals surface area (Å²) in [5.41, 5.74) is 0. The molecule has 0 aliphatic carbocycles. The summed E-state index contributed by atoms with van der Waals surface area (Å²) in [6.07, 6.45) is 0. The fourth-order valence-electron chi connectivity index (χ4n) is 1.25. The van der Waals surface area contributed by atoms with Gasteiger partial charge in [0, 0.05) is 10.3 Å². The standard InChI is InChI=1S/C14H10ClFOS/c15-14(10-18-13-4-2-1-3-5-13)17-12-8-6-11(16)7-9-12/h1-10H/b14-10-. The molecule has 0 heterocycles. The van der Waals surface area contributed by atoms with Gasteiger partial charge in [0.15, 0.2) is 5.22 Å². The number of ether oxygens (including phenoxy) is 1. The van der Waals surface area contributed by atoms with E-state index in [1.54, 1.807) is 5.41 Å². The second kappa shape index (κ2) is 6.47. The third-order valence-electron chi connectivity index (χ3n) is 2.06. The fraction of sp³-hybridized carbons (Fsp3) is 0. The van der Waals surface area contributed by atoms with Gasteiger partial charge in [-0.05, 0) is 48.0 Å². The van der Waals surface area contributed by atoms with E-state index in [2.05, 4.69) is 0 Å². The Balaban J connectivity index is 1.95. The van der Waals surface area contributed by atoms with Gasteiger partial charge >= 0.3 is 0 Å². The van der Waals surface area contributed by atoms with Gasteiger partial charge in [0.1, 0.15) is 11.6 Å². The highest BCUT2D eigenvalue weighted by Crippen LogP contribution is 2.23. The Kier molecular flexibility index (Phi) is 4.67. The van der Waals surface area contributed by atoms with Gasteiger partial charge < -0.3 is 4.74 Å². The van der Waals surface area contributed by atoms with Gasteiger partial charge in [-0.2, -0.15) is 0 Å². The molecule has 0 fully saturated rings. The van der Waals surface area contributed by atoms with E-state index in [1.165, 1.54) is 36.0 Å². The van der Waals surface area contributed by atoms with Gasteiger partial charge in [-0.25, -0.2) is 4.39 Å². The lowest BCUT2D eigenvalue weighted by atomic mass is 10.3. The monoisotopic (exact) mass is 280 g/mol. The first-order valence-corrected chi connectivity index (χ1v) is 6.50. The molecule has 4 heteroatoms. The molecule has 2 aromatic rings. The Morgan fingerprint density at radius 2 is 1.72 bits per heavy atom. The molecule has 0 atom stereocenters. The lowest BCUT2D eigenvalue weighted by Gasteiger charge is -2.03. The Morgan fingerprint density at radius 1 is 1.06 bits per heavy atom. The molecule has 0 amide bonds. The van der Waals surface area contributed by atoms with Crippen LogP contribution in [-0.4, -0.2) is 0 Å². The molecule has 0 bridgehead atoms. The second-order valence-electron chi connectivity index (χ2n) is 3.41. The molecule has 0 spiro atoms. The zero-order valence-electron chi connectivity index (χ0n) is 9.35. The number of thioether (sulfide) groups is 1. The van der Waals surface area contributed by atoms with Crippen molar-refractivity contribution in [3.05, 3.63) is 71.0 Å². The molecule has 1 nitrogen and oxygen atoms in total. The van der Waals surface area contributed by atoms with Crippen LogP contribution in [0.2, 0.25) is 0 Å². The van der Waals surface area contributed by atoms with Gasteiger partial charge in [-0.15, -0.1) is 0 Å². The molecule has 0 saturated heterocycles. The zero-order valence-corrected chi connectivity index (χ0v) is 10.9. The minimum absolute atomic E-state index is 0.246. The van der Waals surface area contributed by atoms with E-state index in [1.807, 2.05) is 30.3 Å². The van der Waals surface area contributed by atoms with Crippen molar-refractivity contribution in [3.63, 3.8) is 0 Å². The third kappa shape index (κ3) is 4.09. The van der Waals surface area contributed by atoms with E-state index in [-0.39, 0.29) is 11.0 Å². The number of rotatable bonds is 4. The van der Waals surface area contributed by atoms with Crippen LogP contribution >= 0.6 is 23.4 Å². The first-order chi connectivity index (χ1) is 8.74. The van der Waals surface area contributed by atoms with Crippen LogP contribution in [0.5, 0.6) is 5.75 Å². The second-order valence-corrected chi connectivity index (χ2v) is 4.72. The Morgan fingerprint density at radius 3 is 2.39 bits per heavy atom. The van der Waals surface area contributed by atoms with Gasteiger partial charge in [-0.1, -0.05) is 30.0 Å². The van der Waals surface area contributed by atoms with Crippen molar-refractivity contribution in [3.8, 4) is 5.75 Å². The van der Waals surface area contributed by atoms with Crippen LogP contribution in [-0.2, 0) is 0 Å². The summed E-state index contributed by atoms with van der Waals surface area (Å²) in [7, 11) is 0. The summed E-state index contributed by atoms with van der Waals surface area (Å²) in [6, 6.07) is 15.5. The number of hydrogen-bond donors (Lipinski definition) is 0. The smallest absolute Gasteiger partial charge is 0.200 e. The molecule has 0 aromatic heterocycles. The van der Waals surface area contributed by atoms with E-state index in [4.69, 9.17) is 16.3 Å². The highest BCUT2D eigenvalue weighted by Gasteiger charge is 1.98. The maximum atomic E-state index is 12.7. The molecule has 2 rings (SSSR count). The van der Waals surface area contributed by atoms with Crippen molar-refractivity contribution in [2.45, 2.75) is 4.90 Å². The van der Waals surface area contributed by atoms with Crippen LogP contribution in [0.3, 0.4) is 0 Å². The molecule has 92 valence electrons. The zero-order chi connectivity index (χ0) is 12.8. The number of benzene rings is 2. The van der Waals surface area contributed by atoms with E-state index < -0.39 is 0 Å². The highest BCUT2D eigenvalue weighted by atomic mass is 35.5. The van der Waals surface area contributed by atoms with Crippen molar-refractivity contribution < 1.29 is 9.13 Å². The van der Waals surface area contributed by atoms with Crippen LogP contribution in [0.4, 0.5) is 4.39 Å². The van der Waals surface area contributed by atoms with Gasteiger partial charge in [-0.3, -0.25) is 0 Å². The quantitative estimate of drug-likeness (QED) is 0.573. The summed E-state index contributed by atoms with van der Waals surface area (Å²) >= 11 is 7.39. The molecule has 2 aromatic carbocycles. The maximum Gasteiger partial charge on any atom is 0.200 e. The summed E-state index contributed by atoms with van der Waals surface area (Å²) in [5, 5.41) is 1.94. The van der Waals surface area contributed by atoms with Crippen LogP contribution in [0.25, 0.3) is 0 Å². The lowest BCUT2D eigenvalue weighted by Crippen LogP contribution is -1.87. The van der Waals surface area contributed by atoms with E-state index >= 15 is 0 Å². The Labute approximate surface area is 114 Å². The maximum absolute atomic E-state index is 12.7. The van der Waals surface area contributed by atoms with E-state index in [0.29, 0.717) is 5.75 Å². The van der Waals surface area contributed by atoms with Crippen molar-refractivity contribution in [1.29, 1.82) is 0 Å². The third-order valence-corrected chi connectivity index (χ3v) is 3.25. The lowest BCUT2D eigenvalue weighted by molar-refractivity contribution is 0.462. The average molecular weight is 281 g/mol. The highest BCUT2D eigenvalue weighted by molar-refractivity contribution is 8.02. The largest absolute Gasteiger partial charge is 0.445 e. The van der Waals surface area contributed by atoms with E-state index in [0.717, 1.165) is 4.90 Å². The molecule has 0 N–H and O–H groups in total. The molecular formula is C14H10ClFOS. The molecular weight excluding hydrogens is 271 g/mol. The van der Waals surface area contributed by atoms with E-state index in [9.17, 15) is 4.39 Å². The molecule has 0 radical (unpaired) electrons. The predicted octanol–water partition coefficient (Wildman–Crippen LogP) is 5.03. The minimum Gasteiger partial charge on any atom is -0.445 e. The van der Waals surface area contributed by atoms with Crippen molar-refractivity contribution in [1.82, 2.24) is 0 Å². The summed E-state index contributed by atoms with van der Waals surface area (Å²) < 4.78 is 18.0. The van der Waals surface area contributed by atoms with Crippen LogP contribution in [0.1, 0.15) is 0 Å². The molecule has 0 aliphatic rings. The first kappa shape index (κ1) is 13.0. The number of hydrogen-bond acceptors (Lipinski definition) is 2. The summed E-state index contributed by atoms with van der Waals surface area (Å²) in [4.78, 5) is 1.07. The summed E-state index contributed by atoms with van der Waals surface area (Å²) in [6.45, 7) is 0. The first-order valence-electron chi connectivity index (χ1n) is 5.25. The van der Waals surface area contributed by atoms with Gasteiger partial charge in [0.05, 0.1) is 0 Å². The topological polar surface area (TPSA) is 9.23 Å².